The minimum absolute atomic E-state index is 0.125. The van der Waals surface area contributed by atoms with Gasteiger partial charge in [-0.05, 0) is 43.9 Å². The standard InChI is InChI=1S/C15H23FO2/c1-6-18-15(9(2)3)14(17)13-11(5)7-10(4)8-12(13)16/h7-9,14-15,17H,6H2,1-5H3. The summed E-state index contributed by atoms with van der Waals surface area (Å²) in [5.41, 5.74) is 1.98. The van der Waals surface area contributed by atoms with Crippen LogP contribution < -0.4 is 0 Å². The average Bonchev–Trinajstić information content (AvgIpc) is 2.23. The summed E-state index contributed by atoms with van der Waals surface area (Å²) >= 11 is 0. The first-order valence-electron chi connectivity index (χ1n) is 6.44. The molecule has 0 amide bonds. The number of ether oxygens (including phenoxy) is 1. The highest BCUT2D eigenvalue weighted by molar-refractivity contribution is 5.34. The van der Waals surface area contributed by atoms with Crippen molar-refractivity contribution in [1.29, 1.82) is 0 Å². The minimum atomic E-state index is -0.925. The smallest absolute Gasteiger partial charge is 0.129 e. The maximum Gasteiger partial charge on any atom is 0.129 e. The van der Waals surface area contributed by atoms with Gasteiger partial charge in [0.25, 0.3) is 0 Å². The lowest BCUT2D eigenvalue weighted by molar-refractivity contribution is -0.0599. The number of rotatable bonds is 5. The summed E-state index contributed by atoms with van der Waals surface area (Å²) in [4.78, 5) is 0. The number of benzene rings is 1. The lowest BCUT2D eigenvalue weighted by Crippen LogP contribution is -2.29. The molecule has 0 aromatic heterocycles. The summed E-state index contributed by atoms with van der Waals surface area (Å²) in [6.07, 6.45) is -1.31. The Hall–Kier alpha value is -0.930. The fourth-order valence-corrected chi connectivity index (χ4v) is 2.31. The highest BCUT2D eigenvalue weighted by Gasteiger charge is 2.28. The van der Waals surface area contributed by atoms with Crippen LogP contribution in [0.1, 0.15) is 43.6 Å². The highest BCUT2D eigenvalue weighted by Crippen LogP contribution is 2.29. The van der Waals surface area contributed by atoms with Gasteiger partial charge in [-0.3, -0.25) is 0 Å². The van der Waals surface area contributed by atoms with Gasteiger partial charge in [-0.25, -0.2) is 4.39 Å². The Morgan fingerprint density at radius 1 is 1.28 bits per heavy atom. The summed E-state index contributed by atoms with van der Waals surface area (Å²) < 4.78 is 19.6. The molecule has 0 heterocycles. The van der Waals surface area contributed by atoms with E-state index in [-0.39, 0.29) is 17.8 Å². The summed E-state index contributed by atoms with van der Waals surface area (Å²) in [6.45, 7) is 9.97. The van der Waals surface area contributed by atoms with Crippen molar-refractivity contribution in [3.63, 3.8) is 0 Å². The van der Waals surface area contributed by atoms with E-state index in [4.69, 9.17) is 4.74 Å². The molecule has 3 heteroatoms. The zero-order chi connectivity index (χ0) is 13.9. The monoisotopic (exact) mass is 254 g/mol. The molecule has 2 atom stereocenters. The molecule has 0 radical (unpaired) electrons. The van der Waals surface area contributed by atoms with Crippen LogP contribution in [0.15, 0.2) is 12.1 Å². The summed E-state index contributed by atoms with van der Waals surface area (Å²) in [5.74, 6) is -0.231. The summed E-state index contributed by atoms with van der Waals surface area (Å²) in [5, 5.41) is 10.4. The van der Waals surface area contributed by atoms with Crippen LogP contribution in [0.25, 0.3) is 0 Å². The van der Waals surface area contributed by atoms with Gasteiger partial charge < -0.3 is 9.84 Å². The van der Waals surface area contributed by atoms with E-state index < -0.39 is 6.10 Å². The molecule has 1 aromatic carbocycles. The minimum Gasteiger partial charge on any atom is -0.386 e. The van der Waals surface area contributed by atoms with Crippen molar-refractivity contribution in [2.24, 2.45) is 5.92 Å². The maximum atomic E-state index is 14.0. The fourth-order valence-electron chi connectivity index (χ4n) is 2.31. The van der Waals surface area contributed by atoms with Crippen LogP contribution in [0.3, 0.4) is 0 Å². The number of hydrogen-bond acceptors (Lipinski definition) is 2. The predicted molar refractivity (Wildman–Crippen MR) is 71.1 cm³/mol. The second-order valence-electron chi connectivity index (χ2n) is 5.09. The first-order valence-corrected chi connectivity index (χ1v) is 6.44. The van der Waals surface area contributed by atoms with Crippen LogP contribution >= 0.6 is 0 Å². The first-order chi connectivity index (χ1) is 8.38. The Kier molecular flexibility index (Phi) is 5.29. The molecule has 2 unspecified atom stereocenters. The first kappa shape index (κ1) is 15.1. The van der Waals surface area contributed by atoms with E-state index in [0.717, 1.165) is 11.1 Å². The van der Waals surface area contributed by atoms with Crippen molar-refractivity contribution >= 4 is 0 Å². The van der Waals surface area contributed by atoms with Crippen LogP contribution in [-0.4, -0.2) is 17.8 Å². The molecule has 1 rings (SSSR count). The van der Waals surface area contributed by atoms with E-state index in [1.807, 2.05) is 40.7 Å². The molecule has 0 aliphatic carbocycles. The molecular weight excluding hydrogens is 231 g/mol. The second kappa shape index (κ2) is 6.30. The number of aryl methyl sites for hydroxylation is 2. The third kappa shape index (κ3) is 3.30. The molecule has 0 saturated carbocycles. The van der Waals surface area contributed by atoms with Gasteiger partial charge in [-0.1, -0.05) is 19.9 Å². The van der Waals surface area contributed by atoms with Gasteiger partial charge in [0, 0.05) is 12.2 Å². The van der Waals surface area contributed by atoms with Crippen molar-refractivity contribution in [3.8, 4) is 0 Å². The Morgan fingerprint density at radius 2 is 1.89 bits per heavy atom. The topological polar surface area (TPSA) is 29.5 Å². The third-order valence-corrected chi connectivity index (χ3v) is 3.10. The Balaban J connectivity index is 3.12. The molecule has 1 N–H and O–H groups in total. The zero-order valence-corrected chi connectivity index (χ0v) is 11.8. The van der Waals surface area contributed by atoms with Crippen molar-refractivity contribution in [2.45, 2.75) is 46.8 Å². The van der Waals surface area contributed by atoms with Gasteiger partial charge in [-0.15, -0.1) is 0 Å². The van der Waals surface area contributed by atoms with Gasteiger partial charge in [0.1, 0.15) is 11.9 Å². The highest BCUT2D eigenvalue weighted by atomic mass is 19.1. The zero-order valence-electron chi connectivity index (χ0n) is 11.8. The van der Waals surface area contributed by atoms with Crippen LogP contribution in [0.4, 0.5) is 4.39 Å². The van der Waals surface area contributed by atoms with E-state index in [1.54, 1.807) is 0 Å². The molecule has 102 valence electrons. The fraction of sp³-hybridized carbons (Fsp3) is 0.600. The van der Waals surface area contributed by atoms with Gasteiger partial charge in [0.05, 0.1) is 6.10 Å². The van der Waals surface area contributed by atoms with Gasteiger partial charge in [-0.2, -0.15) is 0 Å². The molecule has 0 aliphatic heterocycles. The van der Waals surface area contributed by atoms with Gasteiger partial charge in [0.15, 0.2) is 0 Å². The van der Waals surface area contributed by atoms with Gasteiger partial charge in [0.2, 0.25) is 0 Å². The van der Waals surface area contributed by atoms with Gasteiger partial charge >= 0.3 is 0 Å². The third-order valence-electron chi connectivity index (χ3n) is 3.10. The van der Waals surface area contributed by atoms with Crippen molar-refractivity contribution < 1.29 is 14.2 Å². The molecule has 0 bridgehead atoms. The van der Waals surface area contributed by atoms with Crippen molar-refractivity contribution in [2.75, 3.05) is 6.61 Å². The second-order valence-corrected chi connectivity index (χ2v) is 5.09. The Morgan fingerprint density at radius 3 is 2.33 bits per heavy atom. The van der Waals surface area contributed by atoms with Crippen molar-refractivity contribution in [1.82, 2.24) is 0 Å². The normalized spacial score (nSPS) is 14.9. The van der Waals surface area contributed by atoms with E-state index in [2.05, 4.69) is 0 Å². The number of aliphatic hydroxyl groups is 1. The van der Waals surface area contributed by atoms with Crippen molar-refractivity contribution in [3.05, 3.63) is 34.6 Å². The Bertz CT molecular complexity index is 378. The summed E-state index contributed by atoms with van der Waals surface area (Å²) in [6, 6.07) is 3.33. The Labute approximate surface area is 109 Å². The molecule has 18 heavy (non-hydrogen) atoms. The predicted octanol–water partition coefficient (Wildman–Crippen LogP) is 3.54. The summed E-state index contributed by atoms with van der Waals surface area (Å²) in [7, 11) is 0. The molecule has 0 saturated heterocycles. The van der Waals surface area contributed by atoms with E-state index in [0.29, 0.717) is 12.2 Å². The van der Waals surface area contributed by atoms with Crippen LogP contribution in [-0.2, 0) is 4.74 Å². The quantitative estimate of drug-likeness (QED) is 0.871. The van der Waals surface area contributed by atoms with E-state index in [1.165, 1.54) is 6.07 Å². The average molecular weight is 254 g/mol. The number of aliphatic hydroxyl groups excluding tert-OH is 1. The molecule has 2 nitrogen and oxygen atoms in total. The van der Waals surface area contributed by atoms with Crippen LogP contribution in [0.2, 0.25) is 0 Å². The molecule has 0 fully saturated rings. The van der Waals surface area contributed by atoms with E-state index in [9.17, 15) is 9.50 Å². The number of hydrogen-bond donors (Lipinski definition) is 1. The molecule has 0 spiro atoms. The molecule has 0 aliphatic rings. The van der Waals surface area contributed by atoms with Crippen LogP contribution in [0, 0.1) is 25.6 Å². The molecule has 1 aromatic rings. The molecular formula is C15H23FO2. The lowest BCUT2D eigenvalue weighted by atomic mass is 9.92. The maximum absolute atomic E-state index is 14.0. The SMILES string of the molecule is CCOC(C(C)C)C(O)c1c(C)cc(C)cc1F. The number of halogens is 1. The largest absolute Gasteiger partial charge is 0.386 e. The van der Waals surface area contributed by atoms with Crippen LogP contribution in [0.5, 0.6) is 0 Å². The lowest BCUT2D eigenvalue weighted by Gasteiger charge is -2.27. The van der Waals surface area contributed by atoms with E-state index >= 15 is 0 Å².